The Balaban J connectivity index is 1.74. The molecule has 0 spiro atoms. The summed E-state index contributed by atoms with van der Waals surface area (Å²) in [5, 5.41) is 3.47. The molecule has 3 heteroatoms. The topological polar surface area (TPSA) is 24.5 Å². The Hall–Kier alpha value is -1.06. The van der Waals surface area contributed by atoms with E-state index in [1.807, 2.05) is 6.92 Å². The molecule has 0 saturated heterocycles. The van der Waals surface area contributed by atoms with Gasteiger partial charge in [0.15, 0.2) is 0 Å². The van der Waals surface area contributed by atoms with Crippen molar-refractivity contribution in [2.75, 3.05) is 38.3 Å². The number of likely N-dealkylation sites (N-methyl/N-ethyl adjacent to an activating group) is 1. The van der Waals surface area contributed by atoms with Gasteiger partial charge in [-0.2, -0.15) is 0 Å². The molecule has 0 atom stereocenters. The predicted octanol–water partition coefficient (Wildman–Crippen LogP) is 2.20. The Bertz CT molecular complexity index is 379. The summed E-state index contributed by atoms with van der Waals surface area (Å²) >= 11 is 0. The Morgan fingerprint density at radius 3 is 3.11 bits per heavy atom. The lowest BCUT2D eigenvalue weighted by Crippen LogP contribution is -2.16. The fraction of sp³-hybridized carbons (Fsp3) is 0.600. The smallest absolute Gasteiger partial charge is 0.0477 e. The minimum Gasteiger partial charge on any atom is -0.382 e. The van der Waals surface area contributed by atoms with E-state index < -0.39 is 0 Å². The average Bonchev–Trinajstić information content (AvgIpc) is 2.75. The minimum atomic E-state index is 0.818. The van der Waals surface area contributed by atoms with Gasteiger partial charge in [0.1, 0.15) is 0 Å². The second kappa shape index (κ2) is 6.76. The van der Waals surface area contributed by atoms with E-state index in [1.54, 1.807) is 0 Å². The first-order chi connectivity index (χ1) is 8.81. The van der Waals surface area contributed by atoms with E-state index in [-0.39, 0.29) is 0 Å². The van der Waals surface area contributed by atoms with Crippen LogP contribution in [0, 0.1) is 0 Å². The van der Waals surface area contributed by atoms with Crippen LogP contribution in [0.15, 0.2) is 18.2 Å². The van der Waals surface area contributed by atoms with Crippen molar-refractivity contribution in [2.45, 2.75) is 26.3 Å². The molecule has 0 aliphatic carbocycles. The third kappa shape index (κ3) is 3.47. The van der Waals surface area contributed by atoms with Gasteiger partial charge in [0, 0.05) is 39.0 Å². The highest BCUT2D eigenvalue weighted by atomic mass is 16.5. The van der Waals surface area contributed by atoms with Gasteiger partial charge < -0.3 is 15.0 Å². The summed E-state index contributed by atoms with van der Waals surface area (Å²) in [6, 6.07) is 6.82. The van der Waals surface area contributed by atoms with Crippen LogP contribution in [-0.4, -0.2) is 33.4 Å². The van der Waals surface area contributed by atoms with Crippen molar-refractivity contribution >= 4 is 5.69 Å². The summed E-state index contributed by atoms with van der Waals surface area (Å²) in [6.07, 6.45) is 2.27. The second-order valence-electron chi connectivity index (χ2n) is 4.86. The van der Waals surface area contributed by atoms with Gasteiger partial charge in [0.2, 0.25) is 0 Å². The molecule has 0 amide bonds. The fourth-order valence-electron chi connectivity index (χ4n) is 2.41. The standard InChI is InChI=1S/C15H24N2O/c1-3-18-10-4-8-16-12-13-5-6-15-14(11-13)7-9-17(15)2/h5-6,11,16H,3-4,7-10,12H2,1-2H3. The van der Waals surface area contributed by atoms with E-state index in [9.17, 15) is 0 Å². The molecular formula is C15H24N2O. The van der Waals surface area contributed by atoms with E-state index in [0.29, 0.717) is 0 Å². The molecule has 1 aliphatic heterocycles. The quantitative estimate of drug-likeness (QED) is 0.749. The molecule has 1 aromatic rings. The zero-order chi connectivity index (χ0) is 12.8. The molecule has 18 heavy (non-hydrogen) atoms. The zero-order valence-corrected chi connectivity index (χ0v) is 11.5. The molecule has 1 heterocycles. The molecule has 3 nitrogen and oxygen atoms in total. The largest absolute Gasteiger partial charge is 0.382 e. The number of rotatable bonds is 7. The van der Waals surface area contributed by atoms with Crippen LogP contribution in [0.25, 0.3) is 0 Å². The van der Waals surface area contributed by atoms with Gasteiger partial charge in [-0.1, -0.05) is 12.1 Å². The zero-order valence-electron chi connectivity index (χ0n) is 11.5. The highest BCUT2D eigenvalue weighted by molar-refractivity contribution is 5.58. The van der Waals surface area contributed by atoms with Gasteiger partial charge in [0.05, 0.1) is 0 Å². The van der Waals surface area contributed by atoms with Crippen LogP contribution in [0.2, 0.25) is 0 Å². The van der Waals surface area contributed by atoms with Crippen molar-refractivity contribution in [3.63, 3.8) is 0 Å². The van der Waals surface area contributed by atoms with Gasteiger partial charge >= 0.3 is 0 Å². The normalized spacial score (nSPS) is 14.0. The summed E-state index contributed by atoms with van der Waals surface area (Å²) in [4.78, 5) is 2.33. The number of anilines is 1. The lowest BCUT2D eigenvalue weighted by Gasteiger charge is -2.12. The molecular weight excluding hydrogens is 224 g/mol. The Labute approximate surface area is 110 Å². The maximum absolute atomic E-state index is 5.31. The summed E-state index contributed by atoms with van der Waals surface area (Å²) in [6.45, 7) is 6.85. The summed E-state index contributed by atoms with van der Waals surface area (Å²) < 4.78 is 5.31. The molecule has 1 aliphatic rings. The van der Waals surface area contributed by atoms with E-state index in [2.05, 4.69) is 35.5 Å². The van der Waals surface area contributed by atoms with E-state index in [0.717, 1.165) is 39.3 Å². The Kier molecular flexibility index (Phi) is 5.02. The Morgan fingerprint density at radius 1 is 1.39 bits per heavy atom. The number of nitrogens with one attached hydrogen (secondary N) is 1. The molecule has 2 rings (SSSR count). The first-order valence-corrected chi connectivity index (χ1v) is 6.92. The van der Waals surface area contributed by atoms with Gasteiger partial charge in [-0.15, -0.1) is 0 Å². The second-order valence-corrected chi connectivity index (χ2v) is 4.86. The predicted molar refractivity (Wildman–Crippen MR) is 76.2 cm³/mol. The van der Waals surface area contributed by atoms with Crippen molar-refractivity contribution in [2.24, 2.45) is 0 Å². The van der Waals surface area contributed by atoms with Gasteiger partial charge in [0.25, 0.3) is 0 Å². The summed E-state index contributed by atoms with van der Waals surface area (Å²) in [7, 11) is 2.16. The molecule has 0 aromatic heterocycles. The lowest BCUT2D eigenvalue weighted by atomic mass is 10.1. The molecule has 0 unspecified atom stereocenters. The fourth-order valence-corrected chi connectivity index (χ4v) is 2.41. The molecule has 0 bridgehead atoms. The first-order valence-electron chi connectivity index (χ1n) is 6.92. The third-order valence-corrected chi connectivity index (χ3v) is 3.45. The van der Waals surface area contributed by atoms with E-state index >= 15 is 0 Å². The molecule has 0 fully saturated rings. The first kappa shape index (κ1) is 13.4. The average molecular weight is 248 g/mol. The van der Waals surface area contributed by atoms with Crippen molar-refractivity contribution in [3.8, 4) is 0 Å². The van der Waals surface area contributed by atoms with Gasteiger partial charge in [-0.3, -0.25) is 0 Å². The lowest BCUT2D eigenvalue weighted by molar-refractivity contribution is 0.144. The maximum Gasteiger partial charge on any atom is 0.0477 e. The highest BCUT2D eigenvalue weighted by Gasteiger charge is 2.15. The maximum atomic E-state index is 5.31. The van der Waals surface area contributed by atoms with E-state index in [1.165, 1.54) is 23.2 Å². The van der Waals surface area contributed by atoms with Gasteiger partial charge in [-0.05, 0) is 43.5 Å². The van der Waals surface area contributed by atoms with Crippen LogP contribution < -0.4 is 10.2 Å². The molecule has 1 aromatic carbocycles. The monoisotopic (exact) mass is 248 g/mol. The van der Waals surface area contributed by atoms with E-state index in [4.69, 9.17) is 4.74 Å². The summed E-state index contributed by atoms with van der Waals surface area (Å²) in [5.41, 5.74) is 4.28. The summed E-state index contributed by atoms with van der Waals surface area (Å²) in [5.74, 6) is 0. The SMILES string of the molecule is CCOCCCNCc1ccc2c(c1)CCN2C. The number of benzene rings is 1. The van der Waals surface area contributed by atoms with Crippen molar-refractivity contribution in [3.05, 3.63) is 29.3 Å². The number of hydrogen-bond donors (Lipinski definition) is 1. The Morgan fingerprint density at radius 2 is 2.28 bits per heavy atom. The van der Waals surface area contributed by atoms with Crippen LogP contribution in [0.1, 0.15) is 24.5 Å². The number of nitrogens with zero attached hydrogens (tertiary/aromatic N) is 1. The van der Waals surface area contributed by atoms with Crippen molar-refractivity contribution in [1.82, 2.24) is 5.32 Å². The van der Waals surface area contributed by atoms with Crippen molar-refractivity contribution in [1.29, 1.82) is 0 Å². The molecule has 1 N–H and O–H groups in total. The highest BCUT2D eigenvalue weighted by Crippen LogP contribution is 2.27. The van der Waals surface area contributed by atoms with Crippen LogP contribution in [-0.2, 0) is 17.7 Å². The van der Waals surface area contributed by atoms with Crippen LogP contribution in [0.4, 0.5) is 5.69 Å². The molecule has 0 saturated carbocycles. The number of hydrogen-bond acceptors (Lipinski definition) is 3. The van der Waals surface area contributed by atoms with Crippen LogP contribution >= 0.6 is 0 Å². The van der Waals surface area contributed by atoms with Crippen LogP contribution in [0.5, 0.6) is 0 Å². The molecule has 100 valence electrons. The third-order valence-electron chi connectivity index (χ3n) is 3.45. The molecule has 0 radical (unpaired) electrons. The minimum absolute atomic E-state index is 0.818. The van der Waals surface area contributed by atoms with Gasteiger partial charge in [-0.25, -0.2) is 0 Å². The number of fused-ring (bicyclic) bond motifs is 1. The number of ether oxygens (including phenoxy) is 1. The van der Waals surface area contributed by atoms with Crippen molar-refractivity contribution < 1.29 is 4.74 Å². The van der Waals surface area contributed by atoms with Crippen LogP contribution in [0.3, 0.4) is 0 Å².